The van der Waals surface area contributed by atoms with Gasteiger partial charge in [0.15, 0.2) is 0 Å². The number of aliphatic imine (C=N–C) groups is 1. The number of furan rings is 1. The predicted molar refractivity (Wildman–Crippen MR) is 281 cm³/mol. The lowest BCUT2D eigenvalue weighted by molar-refractivity contribution is 0.670. The monoisotopic (exact) mass is 842 g/mol. The fourth-order valence-corrected chi connectivity index (χ4v) is 10.3. The van der Waals surface area contributed by atoms with Crippen LogP contribution >= 0.6 is 0 Å². The Kier molecular flexibility index (Phi) is 9.54. The van der Waals surface area contributed by atoms with E-state index in [1.54, 1.807) is 6.20 Å². The van der Waals surface area contributed by atoms with E-state index in [4.69, 9.17) is 4.42 Å². The van der Waals surface area contributed by atoms with Crippen LogP contribution in [0, 0.1) is 0 Å². The first-order chi connectivity index (χ1) is 32.6. The molecular formula is C63H42N2O. The summed E-state index contributed by atoms with van der Waals surface area (Å²) in [4.78, 5) is 8.41. The quantitative estimate of drug-likeness (QED) is 0.0868. The van der Waals surface area contributed by atoms with Crippen LogP contribution in [0.15, 0.2) is 234 Å². The molecule has 2 aromatic heterocycles. The van der Waals surface area contributed by atoms with Crippen LogP contribution in [0.5, 0.6) is 0 Å². The lowest BCUT2D eigenvalue weighted by atomic mass is 9.84. The summed E-state index contributed by atoms with van der Waals surface area (Å²) in [5, 5.41) is 11.8. The lowest BCUT2D eigenvalue weighted by Crippen LogP contribution is -1.93. The van der Waals surface area contributed by atoms with Crippen LogP contribution in [0.25, 0.3) is 126 Å². The Hall–Kier alpha value is -8.66. The number of fused-ring (bicyclic) bond motifs is 7. The van der Waals surface area contributed by atoms with Gasteiger partial charge in [0.1, 0.15) is 11.2 Å². The molecule has 310 valence electrons. The Balaban J connectivity index is 1.08. The first-order valence-electron chi connectivity index (χ1n) is 22.4. The number of rotatable bonds is 8. The smallest absolute Gasteiger partial charge is 0.143 e. The molecular weight excluding hydrogens is 801 g/mol. The maximum atomic E-state index is 7.15. The summed E-state index contributed by atoms with van der Waals surface area (Å²) in [6, 6.07) is 70.4. The molecule has 0 unspecified atom stereocenters. The molecule has 0 atom stereocenters. The van der Waals surface area contributed by atoms with Gasteiger partial charge in [0.25, 0.3) is 0 Å². The van der Waals surface area contributed by atoms with E-state index < -0.39 is 0 Å². The zero-order valence-electron chi connectivity index (χ0n) is 36.4. The van der Waals surface area contributed by atoms with Gasteiger partial charge in [0.2, 0.25) is 0 Å². The van der Waals surface area contributed by atoms with Crippen molar-refractivity contribution in [2.45, 2.75) is 6.92 Å². The summed E-state index contributed by atoms with van der Waals surface area (Å²) >= 11 is 0. The molecule has 12 aromatic rings. The van der Waals surface area contributed by atoms with Crippen LogP contribution in [0.4, 0.5) is 0 Å². The van der Waals surface area contributed by atoms with Crippen LogP contribution in [0.1, 0.15) is 12.5 Å². The SMILES string of the molecule is C=N/C=C\C=C(/C)c1cc(-c2cccnc2)cc(-c2c3ccccc3c(-c3cccc4c3oc3cc(-c5c6ccccc6c(-c6ccccc6)c6ccccc56)ccc34)c3ccccc23)c1. The van der Waals surface area contributed by atoms with Crippen LogP contribution in [0.3, 0.4) is 0 Å². The maximum Gasteiger partial charge on any atom is 0.143 e. The van der Waals surface area contributed by atoms with Crippen LogP contribution in [0.2, 0.25) is 0 Å². The Morgan fingerprint density at radius 1 is 0.455 bits per heavy atom. The molecule has 0 N–H and O–H groups in total. The molecule has 0 saturated heterocycles. The molecule has 3 nitrogen and oxygen atoms in total. The molecule has 0 aliphatic carbocycles. The van der Waals surface area contributed by atoms with E-state index in [-0.39, 0.29) is 0 Å². The van der Waals surface area contributed by atoms with Gasteiger partial charge in [-0.15, -0.1) is 0 Å². The van der Waals surface area contributed by atoms with Gasteiger partial charge in [-0.25, -0.2) is 0 Å². The lowest BCUT2D eigenvalue weighted by Gasteiger charge is -2.19. The average molecular weight is 843 g/mol. The Bertz CT molecular complexity index is 3840. The third kappa shape index (κ3) is 6.44. The molecule has 0 aliphatic rings. The van der Waals surface area contributed by atoms with Crippen molar-refractivity contribution < 1.29 is 4.42 Å². The highest BCUT2D eigenvalue weighted by molar-refractivity contribution is 6.25. The summed E-state index contributed by atoms with van der Waals surface area (Å²) in [6.07, 6.45) is 9.49. The number of hydrogen-bond acceptors (Lipinski definition) is 3. The van der Waals surface area contributed by atoms with Crippen LogP contribution in [-0.2, 0) is 0 Å². The molecule has 0 amide bonds. The highest BCUT2D eigenvalue weighted by atomic mass is 16.3. The Morgan fingerprint density at radius 3 is 1.58 bits per heavy atom. The van der Waals surface area contributed by atoms with Crippen molar-refractivity contribution >= 4 is 77.3 Å². The van der Waals surface area contributed by atoms with Crippen molar-refractivity contribution in [3.8, 4) is 55.6 Å². The van der Waals surface area contributed by atoms with Crippen molar-refractivity contribution in [2.24, 2.45) is 4.99 Å². The maximum absolute atomic E-state index is 7.15. The van der Waals surface area contributed by atoms with Gasteiger partial charge in [-0.3, -0.25) is 9.98 Å². The first kappa shape index (κ1) is 39.0. The minimum absolute atomic E-state index is 0.863. The normalized spacial score (nSPS) is 12.1. The number of hydrogen-bond donors (Lipinski definition) is 0. The number of nitrogens with zero attached hydrogens (tertiary/aromatic N) is 2. The van der Waals surface area contributed by atoms with E-state index in [1.165, 1.54) is 54.6 Å². The van der Waals surface area contributed by atoms with Gasteiger partial charge in [-0.1, -0.05) is 164 Å². The third-order valence-electron chi connectivity index (χ3n) is 13.2. The molecule has 0 saturated carbocycles. The van der Waals surface area contributed by atoms with Crippen molar-refractivity contribution in [1.29, 1.82) is 0 Å². The van der Waals surface area contributed by atoms with Crippen molar-refractivity contribution in [3.63, 3.8) is 0 Å². The molecule has 12 rings (SSSR count). The Morgan fingerprint density at radius 2 is 0.985 bits per heavy atom. The topological polar surface area (TPSA) is 38.4 Å². The third-order valence-corrected chi connectivity index (χ3v) is 13.2. The predicted octanol–water partition coefficient (Wildman–Crippen LogP) is 17.5. The second kappa shape index (κ2) is 16.2. The summed E-state index contributed by atoms with van der Waals surface area (Å²) in [7, 11) is 0. The van der Waals surface area contributed by atoms with Gasteiger partial charge in [0.05, 0.1) is 0 Å². The highest BCUT2D eigenvalue weighted by Crippen LogP contribution is 2.49. The number of aromatic nitrogens is 1. The standard InChI is InChI=1S/C63H42N2O/c1-40(17-15-33-64-2)44-35-45(43-20-16-34-65-39-43)37-46(36-44)61-52-25-10-12-27-54(52)62(55-28-13-11-26-53(55)61)57-30-14-29-56-47-32-31-42(38-58(47)66-63(56)57)60-50-23-8-6-21-48(50)59(41-18-4-3-5-19-41)49-22-7-9-24-51(49)60/h3-39H,2H2,1H3/b33-15-,40-17+. The van der Waals surface area contributed by atoms with E-state index in [2.05, 4.69) is 218 Å². The van der Waals surface area contributed by atoms with E-state index >= 15 is 0 Å². The molecule has 66 heavy (non-hydrogen) atoms. The van der Waals surface area contributed by atoms with Crippen LogP contribution in [-0.4, -0.2) is 11.7 Å². The molecule has 3 heteroatoms. The minimum atomic E-state index is 0.863. The molecule has 0 spiro atoms. The first-order valence-corrected chi connectivity index (χ1v) is 22.4. The zero-order valence-corrected chi connectivity index (χ0v) is 36.4. The van der Waals surface area contributed by atoms with Gasteiger partial charge in [-0.2, -0.15) is 0 Å². The summed E-state index contributed by atoms with van der Waals surface area (Å²) < 4.78 is 7.15. The second-order valence-corrected chi connectivity index (χ2v) is 17.0. The summed E-state index contributed by atoms with van der Waals surface area (Å²) in [6.45, 7) is 5.76. The molecule has 0 radical (unpaired) electrons. The van der Waals surface area contributed by atoms with Crippen molar-refractivity contribution in [2.75, 3.05) is 0 Å². The van der Waals surface area contributed by atoms with Gasteiger partial charge < -0.3 is 4.42 Å². The van der Waals surface area contributed by atoms with Crippen molar-refractivity contribution in [1.82, 2.24) is 4.98 Å². The average Bonchev–Trinajstić information content (AvgIpc) is 3.76. The van der Waals surface area contributed by atoms with Crippen LogP contribution < -0.4 is 0 Å². The Labute approximate surface area is 383 Å². The zero-order chi connectivity index (χ0) is 44.1. The van der Waals surface area contributed by atoms with E-state index in [9.17, 15) is 0 Å². The largest absolute Gasteiger partial charge is 0.455 e. The van der Waals surface area contributed by atoms with E-state index in [1.807, 2.05) is 24.5 Å². The molecule has 10 aromatic carbocycles. The number of pyridine rings is 1. The summed E-state index contributed by atoms with van der Waals surface area (Å²) in [5.41, 5.74) is 15.5. The minimum Gasteiger partial charge on any atom is -0.455 e. The van der Waals surface area contributed by atoms with E-state index in [0.29, 0.717) is 0 Å². The fraction of sp³-hybridized carbons (Fsp3) is 0.0159. The number of para-hydroxylation sites is 1. The van der Waals surface area contributed by atoms with Gasteiger partial charge in [0, 0.05) is 46.1 Å². The van der Waals surface area contributed by atoms with Crippen molar-refractivity contribution in [3.05, 3.63) is 230 Å². The molecule has 0 fully saturated rings. The fourth-order valence-electron chi connectivity index (χ4n) is 10.3. The number of allylic oxidation sites excluding steroid dienone is 3. The summed E-state index contributed by atoms with van der Waals surface area (Å²) in [5.74, 6) is 0. The highest BCUT2D eigenvalue weighted by Gasteiger charge is 2.22. The van der Waals surface area contributed by atoms with Gasteiger partial charge >= 0.3 is 0 Å². The molecule has 0 bridgehead atoms. The number of benzene rings is 10. The van der Waals surface area contributed by atoms with E-state index in [0.717, 1.165) is 77.2 Å². The second-order valence-electron chi connectivity index (χ2n) is 17.0. The van der Waals surface area contributed by atoms with Gasteiger partial charge in [-0.05, 0) is 149 Å². The molecule has 0 aliphatic heterocycles. The molecule has 2 heterocycles.